The van der Waals surface area contributed by atoms with Gasteiger partial charge in [-0.1, -0.05) is 298 Å². The van der Waals surface area contributed by atoms with Crippen molar-refractivity contribution in [2.45, 2.75) is 343 Å². The highest BCUT2D eigenvalue weighted by molar-refractivity contribution is 5.71. The van der Waals surface area contributed by atoms with Crippen LogP contribution in [0.5, 0.6) is 0 Å². The summed E-state index contributed by atoms with van der Waals surface area (Å²) in [5, 5.41) is 0. The lowest BCUT2D eigenvalue weighted by molar-refractivity contribution is -0.167. The standard InChI is InChI=1S/C60H116O6/c1-6-7-8-9-10-11-12-13-14-20-23-26-29-35-40-45-50-58(61)64-53-57(54-65-59(62)51-46-41-36-32-31-34-39-44-49-56(4)5)66-60(63)52-47-42-37-30-27-24-21-18-16-15-17-19-22-25-28-33-38-43-48-55(2)3/h55-57H,6-54H2,1-5H3/t57-/m1/s1. The molecule has 0 spiro atoms. The van der Waals surface area contributed by atoms with Crippen LogP contribution >= 0.6 is 0 Å². The second kappa shape index (κ2) is 52.8. The molecule has 6 heteroatoms. The van der Waals surface area contributed by atoms with Crippen LogP contribution in [0.1, 0.15) is 336 Å². The minimum absolute atomic E-state index is 0.0628. The van der Waals surface area contributed by atoms with Crippen LogP contribution in [-0.4, -0.2) is 37.2 Å². The van der Waals surface area contributed by atoms with Crippen LogP contribution in [-0.2, 0) is 28.6 Å². The molecule has 0 aromatic carbocycles. The lowest BCUT2D eigenvalue weighted by Crippen LogP contribution is -2.30. The number of rotatable bonds is 54. The fourth-order valence-corrected chi connectivity index (χ4v) is 9.23. The molecule has 66 heavy (non-hydrogen) atoms. The summed E-state index contributed by atoms with van der Waals surface area (Å²) in [6.07, 6.45) is 56.8. The average Bonchev–Trinajstić information content (AvgIpc) is 3.29. The van der Waals surface area contributed by atoms with Gasteiger partial charge in [0.05, 0.1) is 0 Å². The zero-order valence-electron chi connectivity index (χ0n) is 45.3. The van der Waals surface area contributed by atoms with E-state index in [4.69, 9.17) is 14.2 Å². The Hall–Kier alpha value is -1.59. The van der Waals surface area contributed by atoms with Crippen LogP contribution in [0.15, 0.2) is 0 Å². The van der Waals surface area contributed by atoms with E-state index in [9.17, 15) is 14.4 Å². The Morgan fingerprint density at radius 3 is 0.742 bits per heavy atom. The van der Waals surface area contributed by atoms with Gasteiger partial charge in [-0.25, -0.2) is 0 Å². The highest BCUT2D eigenvalue weighted by atomic mass is 16.6. The largest absolute Gasteiger partial charge is 0.462 e. The molecule has 0 heterocycles. The predicted molar refractivity (Wildman–Crippen MR) is 284 cm³/mol. The Bertz CT molecular complexity index is 1010. The van der Waals surface area contributed by atoms with Gasteiger partial charge in [-0.15, -0.1) is 0 Å². The summed E-state index contributed by atoms with van der Waals surface area (Å²) in [5.74, 6) is 0.815. The highest BCUT2D eigenvalue weighted by Gasteiger charge is 2.19. The monoisotopic (exact) mass is 933 g/mol. The smallest absolute Gasteiger partial charge is 0.306 e. The first-order valence-electron chi connectivity index (χ1n) is 29.7. The van der Waals surface area contributed by atoms with E-state index in [-0.39, 0.29) is 31.1 Å². The quantitative estimate of drug-likeness (QED) is 0.0343. The second-order valence-corrected chi connectivity index (χ2v) is 21.6. The van der Waals surface area contributed by atoms with Crippen LogP contribution < -0.4 is 0 Å². The van der Waals surface area contributed by atoms with Gasteiger partial charge < -0.3 is 14.2 Å². The third-order valence-corrected chi connectivity index (χ3v) is 13.7. The summed E-state index contributed by atoms with van der Waals surface area (Å²) in [4.78, 5) is 38.1. The van der Waals surface area contributed by atoms with Crippen molar-refractivity contribution in [1.29, 1.82) is 0 Å². The van der Waals surface area contributed by atoms with Crippen LogP contribution in [0, 0.1) is 11.8 Å². The SMILES string of the molecule is CCCCCCCCCCCCCCCCCCC(=O)OC[C@H](COC(=O)CCCCCCCCCCC(C)C)OC(=O)CCCCCCCCCCCCCCCCCCCCC(C)C. The van der Waals surface area contributed by atoms with Crippen molar-refractivity contribution in [1.82, 2.24) is 0 Å². The summed E-state index contributed by atoms with van der Waals surface area (Å²) < 4.78 is 16.9. The molecule has 0 saturated heterocycles. The molecule has 0 radical (unpaired) electrons. The molecule has 0 bridgehead atoms. The minimum atomic E-state index is -0.763. The van der Waals surface area contributed by atoms with Crippen molar-refractivity contribution in [3.05, 3.63) is 0 Å². The lowest BCUT2D eigenvalue weighted by atomic mass is 10.0. The van der Waals surface area contributed by atoms with E-state index < -0.39 is 6.10 Å². The number of hydrogen-bond acceptors (Lipinski definition) is 6. The number of ether oxygens (including phenoxy) is 3. The topological polar surface area (TPSA) is 78.9 Å². The van der Waals surface area contributed by atoms with E-state index in [0.29, 0.717) is 19.3 Å². The van der Waals surface area contributed by atoms with Crippen molar-refractivity contribution in [2.75, 3.05) is 13.2 Å². The Labute approximate surface area is 412 Å². The molecule has 0 saturated carbocycles. The van der Waals surface area contributed by atoms with Crippen LogP contribution in [0.4, 0.5) is 0 Å². The van der Waals surface area contributed by atoms with E-state index in [1.807, 2.05) is 0 Å². The number of esters is 3. The van der Waals surface area contributed by atoms with Crippen LogP contribution in [0.25, 0.3) is 0 Å². The molecular weight excluding hydrogens is 817 g/mol. The Kier molecular flexibility index (Phi) is 51.5. The zero-order chi connectivity index (χ0) is 48.2. The molecular formula is C60H116O6. The summed E-state index contributed by atoms with van der Waals surface area (Å²) in [7, 11) is 0. The van der Waals surface area contributed by atoms with Gasteiger partial charge in [0.15, 0.2) is 6.10 Å². The molecule has 0 aliphatic heterocycles. The van der Waals surface area contributed by atoms with E-state index in [0.717, 1.165) is 69.6 Å². The fourth-order valence-electron chi connectivity index (χ4n) is 9.23. The fraction of sp³-hybridized carbons (Fsp3) is 0.950. The molecule has 0 amide bonds. The number of hydrogen-bond donors (Lipinski definition) is 0. The first-order chi connectivity index (χ1) is 32.2. The maximum Gasteiger partial charge on any atom is 0.306 e. The van der Waals surface area contributed by atoms with Crippen LogP contribution in [0.2, 0.25) is 0 Å². The lowest BCUT2D eigenvalue weighted by Gasteiger charge is -2.18. The summed E-state index contributed by atoms with van der Waals surface area (Å²) >= 11 is 0. The van der Waals surface area contributed by atoms with Gasteiger partial charge in [0, 0.05) is 19.3 Å². The molecule has 0 N–H and O–H groups in total. The Morgan fingerprint density at radius 1 is 0.288 bits per heavy atom. The van der Waals surface area contributed by atoms with E-state index in [1.54, 1.807) is 0 Å². The molecule has 0 aromatic heterocycles. The van der Waals surface area contributed by atoms with Crippen molar-refractivity contribution < 1.29 is 28.6 Å². The van der Waals surface area contributed by atoms with Gasteiger partial charge >= 0.3 is 17.9 Å². The summed E-state index contributed by atoms with van der Waals surface area (Å²) in [5.41, 5.74) is 0. The molecule has 6 nitrogen and oxygen atoms in total. The number of carbonyl (C=O) groups excluding carboxylic acids is 3. The Morgan fingerprint density at radius 2 is 0.500 bits per heavy atom. The highest BCUT2D eigenvalue weighted by Crippen LogP contribution is 2.18. The number of carbonyl (C=O) groups is 3. The first-order valence-corrected chi connectivity index (χ1v) is 29.7. The van der Waals surface area contributed by atoms with Gasteiger partial charge in [0.2, 0.25) is 0 Å². The van der Waals surface area contributed by atoms with Gasteiger partial charge in [0.25, 0.3) is 0 Å². The molecule has 0 aliphatic carbocycles. The first kappa shape index (κ1) is 64.4. The minimum Gasteiger partial charge on any atom is -0.462 e. The van der Waals surface area contributed by atoms with Crippen molar-refractivity contribution >= 4 is 17.9 Å². The van der Waals surface area contributed by atoms with Crippen molar-refractivity contribution in [3.8, 4) is 0 Å². The molecule has 1 atom stereocenters. The van der Waals surface area contributed by atoms with E-state index in [2.05, 4.69) is 34.6 Å². The van der Waals surface area contributed by atoms with Crippen molar-refractivity contribution in [3.63, 3.8) is 0 Å². The third kappa shape index (κ3) is 53.4. The molecule has 0 fully saturated rings. The maximum atomic E-state index is 12.9. The Balaban J connectivity index is 4.23. The second-order valence-electron chi connectivity index (χ2n) is 21.6. The molecule has 0 rings (SSSR count). The van der Waals surface area contributed by atoms with E-state index in [1.165, 1.54) is 225 Å². The third-order valence-electron chi connectivity index (χ3n) is 13.7. The van der Waals surface area contributed by atoms with E-state index >= 15 is 0 Å². The molecule has 0 aromatic rings. The molecule has 0 aliphatic rings. The van der Waals surface area contributed by atoms with Crippen LogP contribution in [0.3, 0.4) is 0 Å². The maximum absolute atomic E-state index is 12.9. The zero-order valence-corrected chi connectivity index (χ0v) is 45.3. The summed E-state index contributed by atoms with van der Waals surface area (Å²) in [6.45, 7) is 11.4. The average molecular weight is 934 g/mol. The number of unbranched alkanes of at least 4 members (excludes halogenated alkanes) is 39. The summed E-state index contributed by atoms with van der Waals surface area (Å²) in [6, 6.07) is 0. The van der Waals surface area contributed by atoms with Crippen molar-refractivity contribution in [2.24, 2.45) is 11.8 Å². The molecule has 392 valence electrons. The molecule has 0 unspecified atom stereocenters. The van der Waals surface area contributed by atoms with Gasteiger partial charge in [0.1, 0.15) is 13.2 Å². The van der Waals surface area contributed by atoms with Gasteiger partial charge in [-0.05, 0) is 31.1 Å². The van der Waals surface area contributed by atoms with Gasteiger partial charge in [-0.3, -0.25) is 14.4 Å². The van der Waals surface area contributed by atoms with Gasteiger partial charge in [-0.2, -0.15) is 0 Å². The normalized spacial score (nSPS) is 12.0. The predicted octanol–water partition coefficient (Wildman–Crippen LogP) is 19.7.